The van der Waals surface area contributed by atoms with E-state index >= 15 is 0 Å². The molecule has 0 aliphatic heterocycles. The molecule has 0 fully saturated rings. The molecule has 0 heterocycles. The average Bonchev–Trinajstić information content (AvgIpc) is 2.15. The summed E-state index contributed by atoms with van der Waals surface area (Å²) in [4.78, 5) is 1.49. The minimum atomic E-state index is -4.08. The van der Waals surface area contributed by atoms with Crippen LogP contribution in [-0.4, -0.2) is 43.8 Å². The average molecular weight is 240 g/mol. The summed E-state index contributed by atoms with van der Waals surface area (Å²) in [5.74, 6) is 0. The molecule has 1 unspecified atom stereocenters. The molecule has 1 N–H and O–H groups in total. The Labute approximate surface area is 96.2 Å². The number of hydrogen-bond acceptors (Lipinski definition) is 2. The van der Waals surface area contributed by atoms with Crippen molar-refractivity contribution in [3.63, 3.8) is 0 Å². The molecule has 0 amide bonds. The number of rotatable bonds is 8. The highest BCUT2D eigenvalue weighted by atomic mass is 19.4. The Kier molecular flexibility index (Phi) is 7.76. The number of halogens is 3. The van der Waals surface area contributed by atoms with Gasteiger partial charge in [-0.1, -0.05) is 6.92 Å². The van der Waals surface area contributed by atoms with E-state index in [0.717, 1.165) is 19.3 Å². The van der Waals surface area contributed by atoms with Crippen LogP contribution in [0.2, 0.25) is 0 Å². The van der Waals surface area contributed by atoms with Gasteiger partial charge in [0.2, 0.25) is 0 Å². The lowest BCUT2D eigenvalue weighted by Gasteiger charge is -2.23. The molecule has 0 aromatic heterocycles. The van der Waals surface area contributed by atoms with Gasteiger partial charge >= 0.3 is 6.18 Å². The van der Waals surface area contributed by atoms with Crippen molar-refractivity contribution in [1.82, 2.24) is 10.2 Å². The van der Waals surface area contributed by atoms with Crippen LogP contribution in [0.3, 0.4) is 0 Å². The van der Waals surface area contributed by atoms with E-state index in [9.17, 15) is 13.2 Å². The number of nitrogens with one attached hydrogen (secondary N) is 1. The second kappa shape index (κ2) is 7.90. The third-order valence-electron chi connectivity index (χ3n) is 2.55. The number of hydrogen-bond donors (Lipinski definition) is 1. The monoisotopic (exact) mass is 240 g/mol. The maximum atomic E-state index is 12.2. The predicted octanol–water partition coefficient (Wildman–Crippen LogP) is 2.65. The van der Waals surface area contributed by atoms with Crippen LogP contribution in [-0.2, 0) is 0 Å². The van der Waals surface area contributed by atoms with Crippen molar-refractivity contribution in [1.29, 1.82) is 0 Å². The van der Waals surface area contributed by atoms with E-state index in [-0.39, 0.29) is 0 Å². The van der Waals surface area contributed by atoms with Crippen LogP contribution in [0.25, 0.3) is 0 Å². The highest BCUT2D eigenvalue weighted by molar-refractivity contribution is 4.65. The van der Waals surface area contributed by atoms with E-state index in [2.05, 4.69) is 5.32 Å². The van der Waals surface area contributed by atoms with Crippen LogP contribution in [0.15, 0.2) is 0 Å². The third-order valence-corrected chi connectivity index (χ3v) is 2.55. The summed E-state index contributed by atoms with van der Waals surface area (Å²) in [6.45, 7) is 4.20. The fourth-order valence-corrected chi connectivity index (χ4v) is 1.61. The Morgan fingerprint density at radius 1 is 1.25 bits per heavy atom. The van der Waals surface area contributed by atoms with Gasteiger partial charge in [-0.3, -0.25) is 4.90 Å². The molecule has 0 bridgehead atoms. The first-order valence-electron chi connectivity index (χ1n) is 5.85. The Balaban J connectivity index is 3.85. The van der Waals surface area contributed by atoms with Crippen LogP contribution in [0.1, 0.15) is 33.1 Å². The molecule has 0 spiro atoms. The Morgan fingerprint density at radius 3 is 2.31 bits per heavy atom. The van der Waals surface area contributed by atoms with E-state index in [1.807, 2.05) is 20.9 Å². The normalized spacial score (nSPS) is 14.4. The minimum absolute atomic E-state index is 0.370. The minimum Gasteiger partial charge on any atom is -0.317 e. The number of alkyl halides is 3. The van der Waals surface area contributed by atoms with Gasteiger partial charge in [0.15, 0.2) is 0 Å². The van der Waals surface area contributed by atoms with Crippen molar-refractivity contribution >= 4 is 0 Å². The van der Waals surface area contributed by atoms with Gasteiger partial charge < -0.3 is 5.32 Å². The van der Waals surface area contributed by atoms with Crippen molar-refractivity contribution in [3.8, 4) is 0 Å². The van der Waals surface area contributed by atoms with Crippen molar-refractivity contribution in [2.75, 3.05) is 26.7 Å². The van der Waals surface area contributed by atoms with Crippen molar-refractivity contribution in [2.45, 2.75) is 45.3 Å². The fraction of sp³-hybridized carbons (Fsp3) is 1.00. The van der Waals surface area contributed by atoms with Crippen LogP contribution < -0.4 is 5.32 Å². The predicted molar refractivity (Wildman–Crippen MR) is 60.5 cm³/mol. The second-order valence-corrected chi connectivity index (χ2v) is 4.22. The fourth-order valence-electron chi connectivity index (χ4n) is 1.61. The zero-order chi connectivity index (χ0) is 12.6. The van der Waals surface area contributed by atoms with Crippen LogP contribution in [0.4, 0.5) is 13.2 Å². The highest BCUT2D eigenvalue weighted by Crippen LogP contribution is 2.17. The van der Waals surface area contributed by atoms with E-state index in [0.29, 0.717) is 19.1 Å². The summed E-state index contributed by atoms with van der Waals surface area (Å²) in [6.07, 6.45) is -1.60. The topological polar surface area (TPSA) is 15.3 Å². The molecule has 0 aliphatic rings. The molecule has 1 atom stereocenters. The summed E-state index contributed by atoms with van der Waals surface area (Å²) in [6, 6.07) is 0.370. The molecule has 0 saturated carbocycles. The summed E-state index contributed by atoms with van der Waals surface area (Å²) >= 11 is 0. The molecule has 16 heavy (non-hydrogen) atoms. The van der Waals surface area contributed by atoms with Gasteiger partial charge in [-0.25, -0.2) is 0 Å². The molecule has 0 aliphatic carbocycles. The van der Waals surface area contributed by atoms with Crippen molar-refractivity contribution in [2.24, 2.45) is 0 Å². The molecule has 98 valence electrons. The standard InChI is InChI=1S/C11H23F3N2/c1-4-7-16(9-11(12,13)14)8-5-6-10(2)15-3/h10,15H,4-9H2,1-3H3. The molecule has 0 aromatic carbocycles. The van der Waals surface area contributed by atoms with E-state index in [1.165, 1.54) is 4.90 Å². The zero-order valence-corrected chi connectivity index (χ0v) is 10.4. The number of nitrogens with zero attached hydrogens (tertiary/aromatic N) is 1. The lowest BCUT2D eigenvalue weighted by atomic mass is 10.2. The zero-order valence-electron chi connectivity index (χ0n) is 10.4. The lowest BCUT2D eigenvalue weighted by molar-refractivity contribution is -0.146. The molecular formula is C11H23F3N2. The van der Waals surface area contributed by atoms with E-state index < -0.39 is 12.7 Å². The first-order chi connectivity index (χ1) is 7.39. The summed E-state index contributed by atoms with van der Waals surface area (Å²) in [7, 11) is 1.87. The smallest absolute Gasteiger partial charge is 0.317 e. The molecule has 0 saturated heterocycles. The van der Waals surface area contributed by atoms with E-state index in [1.54, 1.807) is 0 Å². The maximum Gasteiger partial charge on any atom is 0.401 e. The Hall–Kier alpha value is -0.290. The molecule has 0 radical (unpaired) electrons. The van der Waals surface area contributed by atoms with Crippen molar-refractivity contribution < 1.29 is 13.2 Å². The van der Waals surface area contributed by atoms with Crippen LogP contribution >= 0.6 is 0 Å². The van der Waals surface area contributed by atoms with E-state index in [4.69, 9.17) is 0 Å². The second-order valence-electron chi connectivity index (χ2n) is 4.22. The van der Waals surface area contributed by atoms with Gasteiger partial charge in [0.25, 0.3) is 0 Å². The molecular weight excluding hydrogens is 217 g/mol. The largest absolute Gasteiger partial charge is 0.401 e. The van der Waals surface area contributed by atoms with Crippen LogP contribution in [0.5, 0.6) is 0 Å². The summed E-state index contributed by atoms with van der Waals surface area (Å²) < 4.78 is 36.7. The highest BCUT2D eigenvalue weighted by Gasteiger charge is 2.29. The van der Waals surface area contributed by atoms with Gasteiger partial charge in [-0.2, -0.15) is 13.2 Å². The molecule has 0 rings (SSSR count). The van der Waals surface area contributed by atoms with Gasteiger partial charge in [-0.05, 0) is 46.3 Å². The first-order valence-corrected chi connectivity index (χ1v) is 5.85. The maximum absolute atomic E-state index is 12.2. The van der Waals surface area contributed by atoms with Gasteiger partial charge in [0, 0.05) is 6.04 Å². The Bertz CT molecular complexity index is 171. The molecule has 2 nitrogen and oxygen atoms in total. The summed E-state index contributed by atoms with van der Waals surface area (Å²) in [5, 5.41) is 3.08. The van der Waals surface area contributed by atoms with Gasteiger partial charge in [0.1, 0.15) is 0 Å². The first kappa shape index (κ1) is 15.7. The lowest BCUT2D eigenvalue weighted by Crippen LogP contribution is -2.36. The Morgan fingerprint density at radius 2 is 1.88 bits per heavy atom. The third kappa shape index (κ3) is 8.97. The molecule has 5 heteroatoms. The summed E-state index contributed by atoms with van der Waals surface area (Å²) in [5.41, 5.74) is 0. The van der Waals surface area contributed by atoms with Crippen LogP contribution in [0, 0.1) is 0 Å². The van der Waals surface area contributed by atoms with Crippen molar-refractivity contribution in [3.05, 3.63) is 0 Å². The quantitative estimate of drug-likeness (QED) is 0.701. The van der Waals surface area contributed by atoms with Gasteiger partial charge in [-0.15, -0.1) is 0 Å². The SMILES string of the molecule is CCCN(CCCC(C)NC)CC(F)(F)F. The van der Waals surface area contributed by atoms with Gasteiger partial charge in [0.05, 0.1) is 6.54 Å². The molecule has 0 aromatic rings.